The van der Waals surface area contributed by atoms with E-state index >= 15 is 0 Å². The van der Waals surface area contributed by atoms with Crippen LogP contribution in [0, 0.1) is 30.3 Å². The standard InChI is InChI=1S/C54H54N6O6/c1-7-55(8-2)43-25-13-37(14-26-43)49-52(40-19-31-46(32-20-40)58(61)62)50(38-15-27-44(28-16-38)56(9-3)10-4)54(42-23-35-48(36-24-42)60(65)66)51(39-17-29-45(30-18-39)57(11-5)12-6)53(49)41-21-33-47(34-22-41)59(63)64/h13-36H,7-12H2,1-6H3. The third-order valence-electron chi connectivity index (χ3n) is 12.5. The van der Waals surface area contributed by atoms with E-state index in [1.54, 1.807) is 36.4 Å². The average molecular weight is 883 g/mol. The highest BCUT2D eigenvalue weighted by Crippen LogP contribution is 2.56. The summed E-state index contributed by atoms with van der Waals surface area (Å²) in [5.74, 6) is 0. The molecule has 7 rings (SSSR count). The van der Waals surface area contributed by atoms with Crippen molar-refractivity contribution in [2.75, 3.05) is 54.0 Å². The minimum atomic E-state index is -0.418. The first kappa shape index (κ1) is 46.1. The van der Waals surface area contributed by atoms with E-state index < -0.39 is 14.8 Å². The van der Waals surface area contributed by atoms with Crippen LogP contribution in [0.1, 0.15) is 41.5 Å². The van der Waals surface area contributed by atoms with E-state index in [-0.39, 0.29) is 17.1 Å². The second-order valence-electron chi connectivity index (χ2n) is 15.8. The number of nitro benzene ring substituents is 3. The molecule has 0 spiro atoms. The summed E-state index contributed by atoms with van der Waals surface area (Å²) in [7, 11) is 0. The largest absolute Gasteiger partial charge is 0.372 e. The molecule has 0 bridgehead atoms. The second kappa shape index (κ2) is 20.3. The monoisotopic (exact) mass is 882 g/mol. The van der Waals surface area contributed by atoms with Crippen molar-refractivity contribution in [3.8, 4) is 66.8 Å². The van der Waals surface area contributed by atoms with Crippen molar-refractivity contribution in [2.45, 2.75) is 41.5 Å². The smallest absolute Gasteiger partial charge is 0.269 e. The van der Waals surface area contributed by atoms with Gasteiger partial charge in [-0.1, -0.05) is 36.4 Å². The molecule has 7 aromatic carbocycles. The fourth-order valence-electron chi connectivity index (χ4n) is 9.01. The molecule has 0 aliphatic rings. The molecule has 0 aliphatic heterocycles. The minimum absolute atomic E-state index is 0.0647. The number of hydrogen-bond donors (Lipinski definition) is 0. The van der Waals surface area contributed by atoms with Gasteiger partial charge in [0.05, 0.1) is 14.8 Å². The van der Waals surface area contributed by atoms with Gasteiger partial charge in [-0.3, -0.25) is 30.3 Å². The molecule has 0 radical (unpaired) electrons. The quantitative estimate of drug-likeness (QED) is 0.0608. The zero-order chi connectivity index (χ0) is 47.1. The lowest BCUT2D eigenvalue weighted by Gasteiger charge is -2.29. The van der Waals surface area contributed by atoms with Crippen molar-refractivity contribution in [3.63, 3.8) is 0 Å². The highest BCUT2D eigenvalue weighted by Gasteiger charge is 2.30. The van der Waals surface area contributed by atoms with Crippen LogP contribution < -0.4 is 14.7 Å². The van der Waals surface area contributed by atoms with Crippen LogP contribution in [0.3, 0.4) is 0 Å². The van der Waals surface area contributed by atoms with Gasteiger partial charge in [-0.25, -0.2) is 0 Å². The molecule has 0 fully saturated rings. The Hall–Kier alpha value is -7.86. The summed E-state index contributed by atoms with van der Waals surface area (Å²) >= 11 is 0. The van der Waals surface area contributed by atoms with Crippen LogP contribution >= 0.6 is 0 Å². The molecule has 0 aliphatic carbocycles. The summed E-state index contributed by atoms with van der Waals surface area (Å²) in [5.41, 5.74) is 12.3. The summed E-state index contributed by atoms with van der Waals surface area (Å²) in [6.07, 6.45) is 0. The fraction of sp³-hybridized carbons (Fsp3) is 0.222. The first-order chi connectivity index (χ1) is 32.0. The van der Waals surface area contributed by atoms with E-state index in [0.717, 1.165) is 106 Å². The van der Waals surface area contributed by atoms with Crippen molar-refractivity contribution in [3.05, 3.63) is 176 Å². The number of non-ortho nitro benzene ring substituents is 3. The molecule has 0 unspecified atom stereocenters. The van der Waals surface area contributed by atoms with Crippen molar-refractivity contribution in [1.82, 2.24) is 0 Å². The Morgan fingerprint density at radius 1 is 0.288 bits per heavy atom. The maximum Gasteiger partial charge on any atom is 0.269 e. The van der Waals surface area contributed by atoms with Crippen LogP contribution in [0.5, 0.6) is 0 Å². The lowest BCUT2D eigenvalue weighted by atomic mass is 9.74. The lowest BCUT2D eigenvalue weighted by molar-refractivity contribution is -0.385. The maximum atomic E-state index is 12.1. The normalized spacial score (nSPS) is 11.0. The molecule has 0 N–H and O–H groups in total. The van der Waals surface area contributed by atoms with Gasteiger partial charge in [-0.05, 0) is 181 Å². The lowest BCUT2D eigenvalue weighted by Crippen LogP contribution is -2.21. The van der Waals surface area contributed by atoms with Crippen LogP contribution in [-0.4, -0.2) is 54.0 Å². The minimum Gasteiger partial charge on any atom is -0.372 e. The van der Waals surface area contributed by atoms with E-state index in [1.807, 2.05) is 0 Å². The Morgan fingerprint density at radius 2 is 0.439 bits per heavy atom. The summed E-state index contributed by atoms with van der Waals surface area (Å²) in [4.78, 5) is 41.9. The molecular formula is C54H54N6O6. The van der Waals surface area contributed by atoms with E-state index in [2.05, 4.69) is 129 Å². The van der Waals surface area contributed by atoms with Gasteiger partial charge >= 0.3 is 0 Å². The zero-order valence-electron chi connectivity index (χ0n) is 38.2. The van der Waals surface area contributed by atoms with Gasteiger partial charge in [0.25, 0.3) is 17.1 Å². The number of benzene rings is 7. The predicted molar refractivity (Wildman–Crippen MR) is 270 cm³/mol. The van der Waals surface area contributed by atoms with Gasteiger partial charge in [-0.2, -0.15) is 0 Å². The summed E-state index contributed by atoms with van der Waals surface area (Å²) in [6, 6.07) is 44.8. The Balaban J connectivity index is 1.77. The molecule has 336 valence electrons. The number of nitro groups is 3. The zero-order valence-corrected chi connectivity index (χ0v) is 38.2. The Labute approximate surface area is 385 Å². The van der Waals surface area contributed by atoms with Crippen LogP contribution in [0.25, 0.3) is 66.8 Å². The summed E-state index contributed by atoms with van der Waals surface area (Å²) < 4.78 is 0. The molecule has 12 nitrogen and oxygen atoms in total. The number of hydrogen-bond acceptors (Lipinski definition) is 9. The Morgan fingerprint density at radius 3 is 0.576 bits per heavy atom. The molecular weight excluding hydrogens is 829 g/mol. The van der Waals surface area contributed by atoms with Gasteiger partial charge in [0.1, 0.15) is 0 Å². The highest BCUT2D eigenvalue weighted by atomic mass is 16.6. The van der Waals surface area contributed by atoms with Crippen LogP contribution in [-0.2, 0) is 0 Å². The molecule has 0 aromatic heterocycles. The first-order valence-corrected chi connectivity index (χ1v) is 22.5. The fourth-order valence-corrected chi connectivity index (χ4v) is 9.01. The molecule has 0 atom stereocenters. The number of rotatable bonds is 18. The highest BCUT2D eigenvalue weighted by molar-refractivity contribution is 6.15. The molecule has 0 amide bonds. The second-order valence-corrected chi connectivity index (χ2v) is 15.8. The number of nitrogens with zero attached hydrogens (tertiary/aromatic N) is 6. The third-order valence-corrected chi connectivity index (χ3v) is 12.5. The third kappa shape index (κ3) is 9.21. The summed E-state index contributed by atoms with van der Waals surface area (Å²) in [6.45, 7) is 17.5. The molecule has 12 heteroatoms. The van der Waals surface area contributed by atoms with E-state index in [4.69, 9.17) is 0 Å². The van der Waals surface area contributed by atoms with Gasteiger partial charge in [0.15, 0.2) is 0 Å². The van der Waals surface area contributed by atoms with Crippen LogP contribution in [0.4, 0.5) is 34.1 Å². The van der Waals surface area contributed by atoms with Gasteiger partial charge in [-0.15, -0.1) is 0 Å². The number of anilines is 3. The van der Waals surface area contributed by atoms with Gasteiger partial charge in [0.2, 0.25) is 0 Å². The molecule has 0 heterocycles. The van der Waals surface area contributed by atoms with E-state index in [0.29, 0.717) is 16.7 Å². The van der Waals surface area contributed by atoms with Gasteiger partial charge < -0.3 is 14.7 Å². The Kier molecular flexibility index (Phi) is 14.2. The molecule has 0 saturated heterocycles. The van der Waals surface area contributed by atoms with E-state index in [9.17, 15) is 30.3 Å². The maximum absolute atomic E-state index is 12.1. The van der Waals surface area contributed by atoms with Crippen LogP contribution in [0.2, 0.25) is 0 Å². The molecule has 0 saturated carbocycles. The van der Waals surface area contributed by atoms with E-state index in [1.165, 1.54) is 36.4 Å². The van der Waals surface area contributed by atoms with Crippen molar-refractivity contribution >= 4 is 34.1 Å². The predicted octanol–water partition coefficient (Wildman–Crippen LogP) is 14.0. The molecule has 66 heavy (non-hydrogen) atoms. The Bertz CT molecular complexity index is 2480. The van der Waals surface area contributed by atoms with Gasteiger partial charge in [0, 0.05) is 92.7 Å². The van der Waals surface area contributed by atoms with Crippen molar-refractivity contribution in [2.24, 2.45) is 0 Å². The topological polar surface area (TPSA) is 139 Å². The van der Waals surface area contributed by atoms with Crippen molar-refractivity contribution in [1.29, 1.82) is 0 Å². The SMILES string of the molecule is CCN(CC)c1ccc(-c2c(-c3ccc([N+](=O)[O-])cc3)c(-c3ccc(N(CC)CC)cc3)c(-c3ccc([N+](=O)[O-])cc3)c(-c3ccc(N(CC)CC)cc3)c2-c2ccc([N+](=O)[O-])cc2)cc1. The van der Waals surface area contributed by atoms with Crippen LogP contribution in [0.15, 0.2) is 146 Å². The average Bonchev–Trinajstić information content (AvgIpc) is 3.35. The summed E-state index contributed by atoms with van der Waals surface area (Å²) in [5, 5.41) is 36.4. The van der Waals surface area contributed by atoms with Crippen molar-refractivity contribution < 1.29 is 14.8 Å². The molecule has 7 aromatic rings. The first-order valence-electron chi connectivity index (χ1n) is 22.5.